The molecule has 11 nitrogen and oxygen atoms in total. The summed E-state index contributed by atoms with van der Waals surface area (Å²) in [4.78, 5) is 28.5. The smallest absolute Gasteiger partial charge is 0.408 e. The van der Waals surface area contributed by atoms with E-state index in [1.807, 2.05) is 4.90 Å². The normalized spacial score (nSPS) is 23.8. The maximum absolute atomic E-state index is 18.1. The van der Waals surface area contributed by atoms with Crippen molar-refractivity contribution in [1.29, 1.82) is 0 Å². The first-order chi connectivity index (χ1) is 31.6. The molecule has 4 saturated heterocycles. The van der Waals surface area contributed by atoms with Gasteiger partial charge in [0.05, 0.1) is 41.7 Å². The van der Waals surface area contributed by atoms with Crippen molar-refractivity contribution < 1.29 is 42.0 Å². The Labute approximate surface area is 386 Å². The van der Waals surface area contributed by atoms with Crippen LogP contribution >= 0.6 is 0 Å². The van der Waals surface area contributed by atoms with Gasteiger partial charge in [0, 0.05) is 43.1 Å². The topological polar surface area (TPSA) is 110 Å². The molecule has 2 bridgehead atoms. The van der Waals surface area contributed by atoms with E-state index in [4.69, 9.17) is 28.9 Å². The molecule has 1 N–H and O–H groups in total. The fourth-order valence-electron chi connectivity index (χ4n) is 12.1. The summed E-state index contributed by atoms with van der Waals surface area (Å²) in [6, 6.07) is 9.63. The number of halogens is 3. The summed E-state index contributed by atoms with van der Waals surface area (Å²) in [6.45, 7) is 15.5. The number of hydrogen-bond acceptors (Lipinski definition) is 9. The summed E-state index contributed by atoms with van der Waals surface area (Å²) in [5.74, 6) is 3.00. The molecule has 66 heavy (non-hydrogen) atoms. The molecule has 4 aromatic rings. The molecule has 352 valence electrons. The molecular weight excluding hydrogens is 864 g/mol. The summed E-state index contributed by atoms with van der Waals surface area (Å²) in [5, 5.41) is 12.0. The first-order valence-electron chi connectivity index (χ1n) is 23.6. The van der Waals surface area contributed by atoms with Gasteiger partial charge in [0.2, 0.25) is 0 Å². The number of amides is 1. The van der Waals surface area contributed by atoms with Gasteiger partial charge in [-0.05, 0) is 109 Å². The third-order valence-electron chi connectivity index (χ3n) is 15.4. The number of piperazine rings is 1. The Kier molecular flexibility index (Phi) is 12.6. The number of hydrogen-bond donors (Lipinski definition) is 1. The number of benzene rings is 3. The lowest BCUT2D eigenvalue weighted by Gasteiger charge is -2.48. The second-order valence-electron chi connectivity index (χ2n) is 20.3. The van der Waals surface area contributed by atoms with Crippen LogP contribution in [0.15, 0.2) is 48.3 Å². The van der Waals surface area contributed by atoms with Crippen LogP contribution in [0.1, 0.15) is 92.1 Å². The highest BCUT2D eigenvalue weighted by atomic mass is 28.3. The molecular formula is C51H62F3N5O6Si. The zero-order valence-electron chi connectivity index (χ0n) is 39.2. The van der Waals surface area contributed by atoms with Crippen LogP contribution in [0.3, 0.4) is 0 Å². The summed E-state index contributed by atoms with van der Waals surface area (Å²) in [7, 11) is -0.816. The standard InChI is InChI=1S/C51H62F3N5O6Si/c1-31(2)66(32(3)4,33(5)6)20-16-40-43(53)14-9-35-21-38(65-30-62-7)22-42(44(35)40)39-12-13-41-46(45(39)54)55-48(64-28-50-17-8-19-58(50)25-34(23-50)24-52)56-47(41)57-26-36-15-18-51(27-57,59(36)49(60)61)29-63-37-10-11-37/h9,12-14,21-22,24,31-33,36-37H,8,10-11,15,17-19,23,25-30H2,1-7H3,(H,60,61)/b34-24-/t36-,50?,51+/m0/s1. The zero-order valence-corrected chi connectivity index (χ0v) is 40.2. The number of ether oxygens (including phenoxy) is 4. The van der Waals surface area contributed by atoms with Gasteiger partial charge in [-0.25, -0.2) is 18.0 Å². The molecule has 5 fully saturated rings. The Balaban J connectivity index is 1.22. The number of aromatic nitrogens is 2. The van der Waals surface area contributed by atoms with Crippen molar-refractivity contribution >= 4 is 41.7 Å². The van der Waals surface area contributed by atoms with Crippen LogP contribution in [0.2, 0.25) is 16.6 Å². The van der Waals surface area contributed by atoms with Crippen molar-refractivity contribution in [3.8, 4) is 34.4 Å². The van der Waals surface area contributed by atoms with E-state index in [0.717, 1.165) is 32.2 Å². The molecule has 5 aliphatic rings. The Hall–Kier alpha value is -4.88. The largest absolute Gasteiger partial charge is 0.468 e. The maximum atomic E-state index is 18.1. The average Bonchev–Trinajstić information content (AvgIpc) is 3.87. The maximum Gasteiger partial charge on any atom is 0.408 e. The van der Waals surface area contributed by atoms with E-state index in [-0.39, 0.29) is 61.4 Å². The lowest BCUT2D eigenvalue weighted by Crippen LogP contribution is -2.65. The number of nitrogens with zero attached hydrogens (tertiary/aromatic N) is 5. The van der Waals surface area contributed by atoms with Gasteiger partial charge in [-0.1, -0.05) is 59.6 Å². The predicted octanol–water partition coefficient (Wildman–Crippen LogP) is 10.6. The van der Waals surface area contributed by atoms with E-state index in [2.05, 4.69) is 57.9 Å². The van der Waals surface area contributed by atoms with E-state index in [9.17, 15) is 14.3 Å². The number of anilines is 1. The lowest BCUT2D eigenvalue weighted by molar-refractivity contribution is -0.00518. The Morgan fingerprint density at radius 2 is 1.74 bits per heavy atom. The van der Waals surface area contributed by atoms with Crippen molar-refractivity contribution in [2.24, 2.45) is 0 Å². The summed E-state index contributed by atoms with van der Waals surface area (Å²) >= 11 is 0. The monoisotopic (exact) mass is 925 g/mol. The highest BCUT2D eigenvalue weighted by Gasteiger charge is 2.55. The number of rotatable bonds is 14. The van der Waals surface area contributed by atoms with E-state index >= 15 is 8.78 Å². The van der Waals surface area contributed by atoms with Crippen molar-refractivity contribution in [2.75, 3.05) is 58.2 Å². The van der Waals surface area contributed by atoms with Gasteiger partial charge in [0.15, 0.2) is 12.6 Å². The molecule has 5 heterocycles. The SMILES string of the molecule is COCOc1cc(-c2ccc3c(N4C[C@@H]5CC[C@](COC6CC6)(C4)N5C(=O)O)nc(OCC45CCCN4C/C(=C\F)C5)nc3c2F)c2c(C#C[Si](C(C)C)(C(C)C)C(C)C)c(F)ccc2c1. The molecule has 4 aliphatic heterocycles. The molecule has 1 saturated carbocycles. The second-order valence-corrected chi connectivity index (χ2v) is 25.9. The molecule has 1 aliphatic carbocycles. The fourth-order valence-corrected chi connectivity index (χ4v) is 17.4. The van der Waals surface area contributed by atoms with Crippen LogP contribution in [0, 0.1) is 23.1 Å². The van der Waals surface area contributed by atoms with Crippen molar-refractivity contribution in [3.63, 3.8) is 0 Å². The van der Waals surface area contributed by atoms with Gasteiger partial charge >= 0.3 is 12.1 Å². The van der Waals surface area contributed by atoms with Gasteiger partial charge in [0.25, 0.3) is 0 Å². The molecule has 1 unspecified atom stereocenters. The van der Waals surface area contributed by atoms with Gasteiger partial charge in [-0.3, -0.25) is 9.80 Å². The lowest BCUT2D eigenvalue weighted by atomic mass is 9.92. The quantitative estimate of drug-likeness (QED) is 0.0746. The van der Waals surface area contributed by atoms with Crippen molar-refractivity contribution in [3.05, 3.63) is 65.5 Å². The Morgan fingerprint density at radius 3 is 2.44 bits per heavy atom. The van der Waals surface area contributed by atoms with E-state index in [1.165, 1.54) is 13.2 Å². The van der Waals surface area contributed by atoms with Crippen molar-refractivity contribution in [1.82, 2.24) is 19.8 Å². The molecule has 1 aromatic heterocycles. The van der Waals surface area contributed by atoms with Gasteiger partial charge in [0.1, 0.15) is 37.6 Å². The van der Waals surface area contributed by atoms with Gasteiger partial charge in [-0.15, -0.1) is 5.54 Å². The summed E-state index contributed by atoms with van der Waals surface area (Å²) in [5.41, 5.74) is 4.72. The summed E-state index contributed by atoms with van der Waals surface area (Å²) in [6.07, 6.45) is 5.24. The summed E-state index contributed by atoms with van der Waals surface area (Å²) < 4.78 is 72.4. The highest BCUT2D eigenvalue weighted by Crippen LogP contribution is 2.47. The minimum atomic E-state index is -2.33. The molecule has 15 heteroatoms. The molecule has 0 radical (unpaired) electrons. The zero-order chi connectivity index (χ0) is 46.7. The average molecular weight is 926 g/mol. The number of carboxylic acid groups (broad SMARTS) is 1. The van der Waals surface area contributed by atoms with Gasteiger partial charge in [-0.2, -0.15) is 9.97 Å². The highest BCUT2D eigenvalue weighted by molar-refractivity contribution is 6.90. The minimum absolute atomic E-state index is 0.00779. The first kappa shape index (κ1) is 46.2. The number of methoxy groups -OCH3 is 1. The van der Waals surface area contributed by atoms with Crippen LogP contribution < -0.4 is 14.4 Å². The first-order valence-corrected chi connectivity index (χ1v) is 25.8. The fraction of sp³-hybridized carbons (Fsp3) is 0.549. The minimum Gasteiger partial charge on any atom is -0.468 e. The van der Waals surface area contributed by atoms with Crippen LogP contribution in [0.5, 0.6) is 11.8 Å². The third-order valence-corrected chi connectivity index (χ3v) is 21.7. The molecule has 3 aromatic carbocycles. The predicted molar refractivity (Wildman–Crippen MR) is 252 cm³/mol. The molecule has 1 amide bonds. The van der Waals surface area contributed by atoms with Crippen molar-refractivity contribution in [2.45, 2.75) is 126 Å². The number of carbonyl (C=O) groups is 1. The number of fused-ring (bicyclic) bond motifs is 5. The van der Waals surface area contributed by atoms with Crippen LogP contribution in [-0.4, -0.2) is 116 Å². The van der Waals surface area contributed by atoms with Gasteiger partial charge < -0.3 is 29.0 Å². The van der Waals surface area contributed by atoms with E-state index in [0.29, 0.717) is 94.2 Å². The van der Waals surface area contributed by atoms with Crippen LogP contribution in [0.25, 0.3) is 32.8 Å². The molecule has 3 atom stereocenters. The third kappa shape index (κ3) is 8.09. The Morgan fingerprint density at radius 1 is 0.970 bits per heavy atom. The van der Waals surface area contributed by atoms with Crippen LogP contribution in [-0.2, 0) is 9.47 Å². The Bertz CT molecular complexity index is 2610. The molecule has 0 spiro atoms. The van der Waals surface area contributed by atoms with E-state index < -0.39 is 36.9 Å². The van der Waals surface area contributed by atoms with Crippen LogP contribution in [0.4, 0.5) is 23.8 Å². The van der Waals surface area contributed by atoms with E-state index in [1.54, 1.807) is 35.2 Å². The second kappa shape index (κ2) is 18.0. The molecule has 9 rings (SSSR count).